The normalized spacial score (nSPS) is 14.4. The minimum atomic E-state index is -5.08. The van der Waals surface area contributed by atoms with Gasteiger partial charge in [0.1, 0.15) is 11.6 Å². The molecule has 0 saturated carbocycles. The van der Waals surface area contributed by atoms with Gasteiger partial charge in [-0.05, 0) is 68.2 Å². The lowest BCUT2D eigenvalue weighted by Crippen LogP contribution is -2.43. The number of anilines is 1. The van der Waals surface area contributed by atoms with Crippen LogP contribution in [0.1, 0.15) is 23.2 Å². The van der Waals surface area contributed by atoms with E-state index in [-0.39, 0.29) is 17.6 Å². The number of pyridine rings is 1. The molecule has 1 aliphatic rings. The number of nitrogens with zero attached hydrogens (tertiary/aromatic N) is 3. The summed E-state index contributed by atoms with van der Waals surface area (Å²) in [5.74, 6) is -2.10. The molecule has 0 aliphatic carbocycles. The number of nitrogens with one attached hydrogen (secondary N) is 1. The highest BCUT2D eigenvalue weighted by Gasteiger charge is 2.38. The molecular weight excluding hydrogens is 472 g/mol. The average molecular weight is 498 g/mol. The summed E-state index contributed by atoms with van der Waals surface area (Å²) in [6.07, 6.45) is -1.59. The van der Waals surface area contributed by atoms with Crippen molar-refractivity contribution in [2.24, 2.45) is 5.92 Å². The number of carbonyl (C=O) groups excluding carboxylic acids is 2. The minimum Gasteiger partial charge on any atom is -0.475 e. The van der Waals surface area contributed by atoms with Crippen LogP contribution in [-0.2, 0) is 4.79 Å². The van der Waals surface area contributed by atoms with Crippen molar-refractivity contribution in [1.29, 1.82) is 0 Å². The molecule has 1 fully saturated rings. The molecule has 0 unspecified atom stereocenters. The fourth-order valence-corrected chi connectivity index (χ4v) is 3.29. The zero-order chi connectivity index (χ0) is 26.0. The van der Waals surface area contributed by atoms with Gasteiger partial charge in [-0.2, -0.15) is 13.2 Å². The van der Waals surface area contributed by atoms with Crippen molar-refractivity contribution in [3.63, 3.8) is 0 Å². The Labute approximate surface area is 199 Å². The van der Waals surface area contributed by atoms with Crippen LogP contribution in [0.4, 0.5) is 28.2 Å². The third-order valence-corrected chi connectivity index (χ3v) is 5.32. The number of hydrogen-bond acceptors (Lipinski definition) is 5. The number of benzene rings is 1. The molecule has 12 heteroatoms. The fraction of sp³-hybridized carbons (Fsp3) is 0.391. The van der Waals surface area contributed by atoms with Gasteiger partial charge in [0, 0.05) is 25.4 Å². The van der Waals surface area contributed by atoms with Crippen molar-refractivity contribution in [1.82, 2.24) is 15.2 Å². The Balaban J connectivity index is 0.000000540. The van der Waals surface area contributed by atoms with Crippen LogP contribution >= 0.6 is 0 Å². The van der Waals surface area contributed by atoms with Gasteiger partial charge < -0.3 is 10.4 Å². The number of alkyl halides is 3. The summed E-state index contributed by atoms with van der Waals surface area (Å²) in [7, 11) is 1.70. The first-order chi connectivity index (χ1) is 16.5. The quantitative estimate of drug-likeness (QED) is 0.466. The van der Waals surface area contributed by atoms with Crippen LogP contribution in [0.2, 0.25) is 0 Å². The van der Waals surface area contributed by atoms with Crippen LogP contribution < -0.4 is 10.2 Å². The molecule has 1 aromatic heterocycles. The van der Waals surface area contributed by atoms with Crippen molar-refractivity contribution >= 4 is 23.6 Å². The average Bonchev–Trinajstić information content (AvgIpc) is 2.83. The summed E-state index contributed by atoms with van der Waals surface area (Å²) in [4.78, 5) is 41.2. The fourth-order valence-electron chi connectivity index (χ4n) is 3.29. The number of halogens is 4. The zero-order valence-corrected chi connectivity index (χ0v) is 19.0. The number of ketones is 1. The Morgan fingerprint density at radius 2 is 1.71 bits per heavy atom. The summed E-state index contributed by atoms with van der Waals surface area (Å²) in [5, 5.41) is 10.1. The number of Topliss-reactive ketones (excluding diaryl/α,β-unsaturated/α-hetero) is 1. The van der Waals surface area contributed by atoms with E-state index in [0.717, 1.165) is 25.9 Å². The van der Waals surface area contributed by atoms with Crippen LogP contribution in [0.3, 0.4) is 0 Å². The second-order valence-electron chi connectivity index (χ2n) is 7.89. The third kappa shape index (κ3) is 9.32. The lowest BCUT2D eigenvalue weighted by molar-refractivity contribution is -0.192. The molecule has 0 spiro atoms. The first kappa shape index (κ1) is 27.7. The maximum atomic E-state index is 13.0. The van der Waals surface area contributed by atoms with Gasteiger partial charge in [0.25, 0.3) is 0 Å². The highest BCUT2D eigenvalue weighted by Crippen LogP contribution is 2.17. The van der Waals surface area contributed by atoms with Gasteiger partial charge in [-0.1, -0.05) is 6.07 Å². The monoisotopic (exact) mass is 498 g/mol. The first-order valence-electron chi connectivity index (χ1n) is 10.7. The van der Waals surface area contributed by atoms with Gasteiger partial charge in [0.15, 0.2) is 5.78 Å². The minimum absolute atomic E-state index is 0.00346. The predicted octanol–water partition coefficient (Wildman–Crippen LogP) is 3.59. The molecule has 35 heavy (non-hydrogen) atoms. The SMILES string of the molecule is CN(C(=O)NCC1CCN(CC(=O)c2ccc(F)cc2)CC1)c1ccccn1.O=C(O)C(F)(F)F. The zero-order valence-electron chi connectivity index (χ0n) is 19.0. The van der Waals surface area contributed by atoms with E-state index in [2.05, 4.69) is 15.2 Å². The summed E-state index contributed by atoms with van der Waals surface area (Å²) in [6, 6.07) is 10.9. The van der Waals surface area contributed by atoms with Crippen molar-refractivity contribution < 1.29 is 37.1 Å². The molecule has 3 rings (SSSR count). The Hall–Kier alpha value is -3.54. The number of hydrogen-bond donors (Lipinski definition) is 2. The second-order valence-corrected chi connectivity index (χ2v) is 7.89. The molecular formula is C23H26F4N4O4. The number of aliphatic carboxylic acids is 1. The highest BCUT2D eigenvalue weighted by molar-refractivity contribution is 5.97. The van der Waals surface area contributed by atoms with E-state index >= 15 is 0 Å². The molecule has 2 N–H and O–H groups in total. The van der Waals surface area contributed by atoms with Crippen LogP contribution in [-0.4, -0.2) is 72.2 Å². The molecule has 2 aromatic rings. The van der Waals surface area contributed by atoms with Crippen molar-refractivity contribution in [3.8, 4) is 0 Å². The van der Waals surface area contributed by atoms with Crippen LogP contribution in [0.5, 0.6) is 0 Å². The number of urea groups is 1. The highest BCUT2D eigenvalue weighted by atomic mass is 19.4. The standard InChI is InChI=1S/C21H25FN4O2.C2HF3O2/c1-25(20-4-2-3-11-23-20)21(28)24-14-16-9-12-26(13-10-16)15-19(27)17-5-7-18(22)8-6-17;3-2(4,5)1(6)7/h2-8,11,16H,9-10,12-15H2,1H3,(H,24,28);(H,6,7). The smallest absolute Gasteiger partial charge is 0.475 e. The Bertz CT molecular complexity index is 979. The lowest BCUT2D eigenvalue weighted by Gasteiger charge is -2.31. The Morgan fingerprint density at radius 1 is 1.11 bits per heavy atom. The van der Waals surface area contributed by atoms with Gasteiger partial charge in [0.05, 0.1) is 6.54 Å². The molecule has 0 bridgehead atoms. The van der Waals surface area contributed by atoms with Gasteiger partial charge in [-0.3, -0.25) is 14.6 Å². The summed E-state index contributed by atoms with van der Waals surface area (Å²) < 4.78 is 44.7. The van der Waals surface area contributed by atoms with E-state index in [9.17, 15) is 27.2 Å². The van der Waals surface area contributed by atoms with Crippen molar-refractivity contribution in [2.45, 2.75) is 19.0 Å². The maximum absolute atomic E-state index is 13.0. The lowest BCUT2D eigenvalue weighted by atomic mass is 9.96. The third-order valence-electron chi connectivity index (χ3n) is 5.32. The van der Waals surface area contributed by atoms with E-state index < -0.39 is 12.1 Å². The van der Waals surface area contributed by atoms with Crippen LogP contribution in [0.25, 0.3) is 0 Å². The van der Waals surface area contributed by atoms with E-state index in [0.29, 0.717) is 30.4 Å². The number of amides is 2. The molecule has 1 aliphatic heterocycles. The molecule has 0 atom stereocenters. The topological polar surface area (TPSA) is 103 Å². The van der Waals surface area contributed by atoms with E-state index in [1.54, 1.807) is 19.3 Å². The van der Waals surface area contributed by atoms with Gasteiger partial charge in [0.2, 0.25) is 0 Å². The Morgan fingerprint density at radius 3 is 2.23 bits per heavy atom. The largest absolute Gasteiger partial charge is 0.490 e. The van der Waals surface area contributed by atoms with E-state index in [4.69, 9.17) is 9.90 Å². The maximum Gasteiger partial charge on any atom is 0.490 e. The summed E-state index contributed by atoms with van der Waals surface area (Å²) in [6.45, 7) is 2.57. The number of carbonyl (C=O) groups is 3. The van der Waals surface area contributed by atoms with E-state index in [1.807, 2.05) is 12.1 Å². The van der Waals surface area contributed by atoms with Gasteiger partial charge >= 0.3 is 18.2 Å². The van der Waals surface area contributed by atoms with Gasteiger partial charge in [-0.25, -0.2) is 19.0 Å². The first-order valence-corrected chi connectivity index (χ1v) is 10.7. The number of rotatable bonds is 6. The summed E-state index contributed by atoms with van der Waals surface area (Å²) in [5.41, 5.74) is 0.536. The molecule has 2 heterocycles. The molecule has 8 nitrogen and oxygen atoms in total. The molecule has 0 radical (unpaired) electrons. The molecule has 190 valence electrons. The Kier molecular flexibility index (Phi) is 10.1. The second kappa shape index (κ2) is 12.8. The van der Waals surface area contributed by atoms with Gasteiger partial charge in [-0.15, -0.1) is 0 Å². The van der Waals surface area contributed by atoms with Crippen LogP contribution in [0.15, 0.2) is 48.7 Å². The number of aromatic nitrogens is 1. The van der Waals surface area contributed by atoms with Crippen LogP contribution in [0, 0.1) is 11.7 Å². The molecule has 1 aromatic carbocycles. The summed E-state index contributed by atoms with van der Waals surface area (Å²) >= 11 is 0. The van der Waals surface area contributed by atoms with Crippen molar-refractivity contribution in [3.05, 3.63) is 60.0 Å². The van der Waals surface area contributed by atoms with Crippen molar-refractivity contribution in [2.75, 3.05) is 38.1 Å². The number of piperidine rings is 1. The number of carboxylic acids is 1. The predicted molar refractivity (Wildman–Crippen MR) is 120 cm³/mol. The van der Waals surface area contributed by atoms with E-state index in [1.165, 1.54) is 29.2 Å². The molecule has 1 saturated heterocycles. The molecule has 2 amide bonds. The number of carboxylic acid groups (broad SMARTS) is 1. The number of likely N-dealkylation sites (tertiary alicyclic amines) is 1.